The van der Waals surface area contributed by atoms with Gasteiger partial charge in [-0.2, -0.15) is 0 Å². The molecule has 1 rings (SSSR count). The second-order valence-electron chi connectivity index (χ2n) is 3.42. The van der Waals surface area contributed by atoms with E-state index in [-0.39, 0.29) is 17.1 Å². The van der Waals surface area contributed by atoms with Crippen molar-refractivity contribution in [2.75, 3.05) is 0 Å². The van der Waals surface area contributed by atoms with Crippen LogP contribution in [0.5, 0.6) is 5.75 Å². The molecule has 0 bridgehead atoms. The molecule has 0 aliphatic carbocycles. The fourth-order valence-electron chi connectivity index (χ4n) is 1.36. The molecule has 0 radical (unpaired) electrons. The molecule has 0 aromatic heterocycles. The first-order valence-corrected chi connectivity index (χ1v) is 5.24. The molecule has 0 saturated carbocycles. The molecule has 0 spiro atoms. The number of benzene rings is 1. The summed E-state index contributed by atoms with van der Waals surface area (Å²) >= 11 is 5.88. The number of phenols is 1. The molecule has 1 unspecified atom stereocenters. The maximum Gasteiger partial charge on any atom is 0.328 e. The van der Waals surface area contributed by atoms with Crippen molar-refractivity contribution in [2.24, 2.45) is 0 Å². The minimum absolute atomic E-state index is 0.132. The van der Waals surface area contributed by atoms with E-state index in [2.05, 4.69) is 0 Å². The number of carboxylic acid groups (broad SMARTS) is 1. The van der Waals surface area contributed by atoms with Crippen molar-refractivity contribution in [1.29, 1.82) is 0 Å². The number of carbonyl (C=O) groups is 2. The Hall–Kier alpha value is -1.81. The number of rotatable bonds is 4. The maximum absolute atomic E-state index is 11.2. The van der Waals surface area contributed by atoms with Gasteiger partial charge in [0.15, 0.2) is 5.78 Å². The van der Waals surface area contributed by atoms with E-state index in [0.717, 1.165) is 6.08 Å². The number of Topliss-reactive ketones (excluding diaryl/α,β-unsaturated/α-hetero) is 1. The van der Waals surface area contributed by atoms with Gasteiger partial charge in [-0.15, -0.1) is 11.6 Å². The first-order valence-electron chi connectivity index (χ1n) is 4.81. The topological polar surface area (TPSA) is 74.6 Å². The molecule has 0 aliphatic heterocycles. The molecular weight excluding hydrogens is 244 g/mol. The molecule has 0 saturated heterocycles. The van der Waals surface area contributed by atoms with Crippen LogP contribution in [0.1, 0.15) is 23.4 Å². The number of carboxylic acids is 1. The molecule has 0 aliphatic rings. The number of phenolic OH excluding ortho intramolecular Hbond substituents is 1. The molecule has 90 valence electrons. The number of hydrogen-bond acceptors (Lipinski definition) is 3. The van der Waals surface area contributed by atoms with Crippen molar-refractivity contribution in [3.05, 3.63) is 35.4 Å². The lowest BCUT2D eigenvalue weighted by Gasteiger charge is -2.11. The highest BCUT2D eigenvalue weighted by Crippen LogP contribution is 2.33. The van der Waals surface area contributed by atoms with E-state index in [1.807, 2.05) is 0 Å². The summed E-state index contributed by atoms with van der Waals surface area (Å²) in [5.74, 6) is -1.57. The Kier molecular flexibility index (Phi) is 4.29. The Labute approximate surface area is 103 Å². The van der Waals surface area contributed by atoms with Crippen LogP contribution in [0.25, 0.3) is 6.08 Å². The van der Waals surface area contributed by atoms with Crippen LogP contribution in [0.15, 0.2) is 24.3 Å². The smallest absolute Gasteiger partial charge is 0.328 e. The highest BCUT2D eigenvalue weighted by atomic mass is 35.5. The Morgan fingerprint density at radius 3 is 2.59 bits per heavy atom. The molecule has 0 fully saturated rings. The number of aliphatic carboxylic acids is 1. The van der Waals surface area contributed by atoms with E-state index in [0.29, 0.717) is 5.56 Å². The van der Waals surface area contributed by atoms with E-state index < -0.39 is 11.3 Å². The lowest BCUT2D eigenvalue weighted by molar-refractivity contribution is -0.131. The highest BCUT2D eigenvalue weighted by Gasteiger charge is 2.19. The van der Waals surface area contributed by atoms with Crippen molar-refractivity contribution in [1.82, 2.24) is 0 Å². The number of ketones is 1. The van der Waals surface area contributed by atoms with E-state index in [1.54, 1.807) is 12.1 Å². The molecule has 1 aromatic rings. The molecule has 1 atom stereocenters. The minimum Gasteiger partial charge on any atom is -0.508 e. The van der Waals surface area contributed by atoms with Crippen LogP contribution in [-0.2, 0) is 9.59 Å². The van der Waals surface area contributed by atoms with Gasteiger partial charge in [0.25, 0.3) is 0 Å². The highest BCUT2D eigenvalue weighted by molar-refractivity contribution is 6.31. The van der Waals surface area contributed by atoms with Crippen LogP contribution in [0, 0.1) is 0 Å². The van der Waals surface area contributed by atoms with Gasteiger partial charge >= 0.3 is 5.97 Å². The number of halogens is 1. The van der Waals surface area contributed by atoms with Crippen LogP contribution in [0.3, 0.4) is 0 Å². The van der Waals surface area contributed by atoms with Gasteiger partial charge in [0.05, 0.1) is 0 Å². The first kappa shape index (κ1) is 13.3. The van der Waals surface area contributed by atoms with Gasteiger partial charge in [0, 0.05) is 11.6 Å². The summed E-state index contributed by atoms with van der Waals surface area (Å²) in [6, 6.07) is 4.52. The average Bonchev–Trinajstić information content (AvgIpc) is 2.25. The van der Waals surface area contributed by atoms with Gasteiger partial charge in [-0.3, -0.25) is 4.79 Å². The molecule has 1 aromatic carbocycles. The zero-order valence-electron chi connectivity index (χ0n) is 9.05. The lowest BCUT2D eigenvalue weighted by atomic mass is 10.0. The number of aromatic hydroxyl groups is 1. The fraction of sp³-hybridized carbons (Fsp3) is 0.167. The van der Waals surface area contributed by atoms with Crippen LogP contribution in [0.2, 0.25) is 0 Å². The molecule has 2 N–H and O–H groups in total. The van der Waals surface area contributed by atoms with E-state index in [9.17, 15) is 14.7 Å². The second kappa shape index (κ2) is 5.50. The Balaban J connectivity index is 3.26. The Morgan fingerprint density at radius 1 is 1.41 bits per heavy atom. The normalized spacial score (nSPS) is 12.6. The first-order chi connectivity index (χ1) is 7.93. The maximum atomic E-state index is 11.2. The van der Waals surface area contributed by atoms with Gasteiger partial charge < -0.3 is 10.2 Å². The molecule has 4 nitrogen and oxygen atoms in total. The molecule has 0 heterocycles. The summed E-state index contributed by atoms with van der Waals surface area (Å²) in [7, 11) is 0. The van der Waals surface area contributed by atoms with Gasteiger partial charge in [-0.25, -0.2) is 4.79 Å². The summed E-state index contributed by atoms with van der Waals surface area (Å²) in [5, 5.41) is 17.2. The van der Waals surface area contributed by atoms with Crippen molar-refractivity contribution >= 4 is 29.4 Å². The number of hydrogen-bond donors (Lipinski definition) is 2. The molecular formula is C12H11ClO4. The van der Waals surface area contributed by atoms with Crippen molar-refractivity contribution in [2.45, 2.75) is 12.3 Å². The third-order valence-electron chi connectivity index (χ3n) is 2.13. The quantitative estimate of drug-likeness (QED) is 0.639. The molecule has 17 heavy (non-hydrogen) atoms. The summed E-state index contributed by atoms with van der Waals surface area (Å²) in [6.07, 6.45) is 2.21. The van der Waals surface area contributed by atoms with Crippen LogP contribution >= 0.6 is 11.6 Å². The predicted molar refractivity (Wildman–Crippen MR) is 64.1 cm³/mol. The van der Waals surface area contributed by atoms with Gasteiger partial charge in [0.2, 0.25) is 0 Å². The summed E-state index contributed by atoms with van der Waals surface area (Å²) in [5.41, 5.74) is 0.627. The van der Waals surface area contributed by atoms with Crippen LogP contribution in [0.4, 0.5) is 0 Å². The van der Waals surface area contributed by atoms with E-state index >= 15 is 0 Å². The summed E-state index contributed by atoms with van der Waals surface area (Å²) < 4.78 is 0. The average molecular weight is 255 g/mol. The fourth-order valence-corrected chi connectivity index (χ4v) is 1.59. The van der Waals surface area contributed by atoms with Crippen molar-refractivity contribution in [3.63, 3.8) is 0 Å². The standard InChI is InChI=1S/C12H11ClO4/c1-7(14)12(13)11-8(5-6-10(16)17)3-2-4-9(11)15/h2-6,12,15H,1H3,(H,16,17). The van der Waals surface area contributed by atoms with E-state index in [4.69, 9.17) is 16.7 Å². The van der Waals surface area contributed by atoms with Crippen molar-refractivity contribution < 1.29 is 19.8 Å². The molecule has 5 heteroatoms. The third kappa shape index (κ3) is 3.32. The Morgan fingerprint density at radius 2 is 2.06 bits per heavy atom. The summed E-state index contributed by atoms with van der Waals surface area (Å²) in [6.45, 7) is 1.30. The monoisotopic (exact) mass is 254 g/mol. The third-order valence-corrected chi connectivity index (χ3v) is 2.66. The second-order valence-corrected chi connectivity index (χ2v) is 3.86. The zero-order chi connectivity index (χ0) is 13.0. The largest absolute Gasteiger partial charge is 0.508 e. The minimum atomic E-state index is -1.12. The molecule has 0 amide bonds. The number of carbonyl (C=O) groups excluding carboxylic acids is 1. The lowest BCUT2D eigenvalue weighted by Crippen LogP contribution is -2.04. The van der Waals surface area contributed by atoms with Gasteiger partial charge in [-0.05, 0) is 24.6 Å². The zero-order valence-corrected chi connectivity index (χ0v) is 9.81. The van der Waals surface area contributed by atoms with Crippen LogP contribution < -0.4 is 0 Å². The van der Waals surface area contributed by atoms with Crippen molar-refractivity contribution in [3.8, 4) is 5.75 Å². The van der Waals surface area contributed by atoms with Gasteiger partial charge in [0.1, 0.15) is 11.1 Å². The number of alkyl halides is 1. The SMILES string of the molecule is CC(=O)C(Cl)c1c(O)cccc1C=CC(=O)O. The predicted octanol–water partition coefficient (Wildman–Crippen LogP) is 2.36. The van der Waals surface area contributed by atoms with E-state index in [1.165, 1.54) is 19.1 Å². The van der Waals surface area contributed by atoms with Gasteiger partial charge in [-0.1, -0.05) is 12.1 Å². The Bertz CT molecular complexity index is 479. The summed E-state index contributed by atoms with van der Waals surface area (Å²) in [4.78, 5) is 21.6. The van der Waals surface area contributed by atoms with Crippen LogP contribution in [-0.4, -0.2) is 22.0 Å².